The number of aryl methyl sites for hydroxylation is 1. The molecule has 1 aromatic rings. The Morgan fingerprint density at radius 1 is 1.57 bits per heavy atom. The molecule has 1 aromatic heterocycles. The summed E-state index contributed by atoms with van der Waals surface area (Å²) in [5, 5.41) is 7.29. The van der Waals surface area contributed by atoms with Crippen molar-refractivity contribution >= 4 is 29.9 Å². The molecule has 21 heavy (non-hydrogen) atoms. The predicted octanol–water partition coefficient (Wildman–Crippen LogP) is 0.580. The summed E-state index contributed by atoms with van der Waals surface area (Å²) in [7, 11) is 7.60. The summed E-state index contributed by atoms with van der Waals surface area (Å²) in [6.45, 7) is 3.17. The van der Waals surface area contributed by atoms with E-state index in [9.17, 15) is 0 Å². The molecule has 7 nitrogen and oxygen atoms in total. The molecule has 0 aliphatic heterocycles. The minimum absolute atomic E-state index is 0. The maximum Gasteiger partial charge on any atom is 0.188 e. The van der Waals surface area contributed by atoms with Gasteiger partial charge in [-0.15, -0.1) is 24.0 Å². The lowest BCUT2D eigenvalue weighted by atomic mass is 10.1. The SMILES string of the molecule is COCC(C)NC(N)=NCC(c1cnn(C)c1)N(C)C.I. The third-order valence-electron chi connectivity index (χ3n) is 2.98. The highest BCUT2D eigenvalue weighted by atomic mass is 127. The fraction of sp³-hybridized carbons (Fsp3) is 0.692. The van der Waals surface area contributed by atoms with Crippen LogP contribution < -0.4 is 11.1 Å². The number of rotatable bonds is 7. The minimum Gasteiger partial charge on any atom is -0.383 e. The molecule has 0 spiro atoms. The molecule has 1 heterocycles. The number of likely N-dealkylation sites (N-methyl/N-ethyl adjacent to an activating group) is 1. The molecule has 0 saturated heterocycles. The number of hydrogen-bond acceptors (Lipinski definition) is 4. The molecule has 0 bridgehead atoms. The van der Waals surface area contributed by atoms with Crippen LogP contribution in [-0.4, -0.2) is 61.0 Å². The van der Waals surface area contributed by atoms with Crippen molar-refractivity contribution in [1.82, 2.24) is 20.0 Å². The lowest BCUT2D eigenvalue weighted by Gasteiger charge is -2.22. The van der Waals surface area contributed by atoms with Gasteiger partial charge in [-0.3, -0.25) is 9.67 Å². The molecule has 0 aliphatic rings. The van der Waals surface area contributed by atoms with Gasteiger partial charge in [0.25, 0.3) is 0 Å². The van der Waals surface area contributed by atoms with E-state index in [1.807, 2.05) is 40.5 Å². The molecule has 1 rings (SSSR count). The Labute approximate surface area is 143 Å². The predicted molar refractivity (Wildman–Crippen MR) is 96.0 cm³/mol. The van der Waals surface area contributed by atoms with E-state index in [4.69, 9.17) is 10.5 Å². The first-order valence-electron chi connectivity index (χ1n) is 6.64. The van der Waals surface area contributed by atoms with E-state index in [0.29, 0.717) is 19.1 Å². The lowest BCUT2D eigenvalue weighted by molar-refractivity contribution is 0.179. The number of nitrogens with two attached hydrogens (primary N) is 1. The molecule has 0 aromatic carbocycles. The van der Waals surface area contributed by atoms with Crippen molar-refractivity contribution in [3.05, 3.63) is 18.0 Å². The first kappa shape index (κ1) is 20.1. The Kier molecular flexibility index (Phi) is 9.54. The summed E-state index contributed by atoms with van der Waals surface area (Å²) in [5.74, 6) is 0.435. The van der Waals surface area contributed by atoms with Crippen molar-refractivity contribution in [3.8, 4) is 0 Å². The summed E-state index contributed by atoms with van der Waals surface area (Å²) < 4.78 is 6.84. The molecule has 0 amide bonds. The number of nitrogens with one attached hydrogen (secondary N) is 1. The van der Waals surface area contributed by atoms with Crippen LogP contribution in [-0.2, 0) is 11.8 Å². The summed E-state index contributed by atoms with van der Waals surface area (Å²) >= 11 is 0. The fourth-order valence-electron chi connectivity index (χ4n) is 1.95. The van der Waals surface area contributed by atoms with Crippen molar-refractivity contribution in [1.29, 1.82) is 0 Å². The first-order chi connectivity index (χ1) is 9.43. The topological polar surface area (TPSA) is 80.7 Å². The molecule has 0 saturated carbocycles. The third kappa shape index (κ3) is 7.09. The van der Waals surface area contributed by atoms with E-state index in [1.165, 1.54) is 0 Å². The normalized spacial score (nSPS) is 14.7. The van der Waals surface area contributed by atoms with Gasteiger partial charge < -0.3 is 20.7 Å². The molecule has 0 fully saturated rings. The van der Waals surface area contributed by atoms with Crippen LogP contribution in [0.15, 0.2) is 17.4 Å². The second-order valence-corrected chi connectivity index (χ2v) is 5.15. The van der Waals surface area contributed by atoms with Gasteiger partial charge in [0.2, 0.25) is 0 Å². The van der Waals surface area contributed by atoms with Crippen LogP contribution in [0.3, 0.4) is 0 Å². The molecule has 3 N–H and O–H groups in total. The number of hydrogen-bond donors (Lipinski definition) is 2. The summed E-state index contributed by atoms with van der Waals surface area (Å²) in [5.41, 5.74) is 7.00. The van der Waals surface area contributed by atoms with Gasteiger partial charge in [0.1, 0.15) is 0 Å². The zero-order valence-corrected chi connectivity index (χ0v) is 15.7. The average molecular weight is 410 g/mol. The van der Waals surface area contributed by atoms with Crippen molar-refractivity contribution in [3.63, 3.8) is 0 Å². The van der Waals surface area contributed by atoms with Gasteiger partial charge in [-0.25, -0.2) is 0 Å². The molecule has 0 radical (unpaired) electrons. The van der Waals surface area contributed by atoms with Gasteiger partial charge in [-0.2, -0.15) is 5.10 Å². The van der Waals surface area contributed by atoms with Crippen molar-refractivity contribution in [2.45, 2.75) is 19.0 Å². The van der Waals surface area contributed by atoms with Gasteiger partial charge in [0.15, 0.2) is 5.96 Å². The first-order valence-corrected chi connectivity index (χ1v) is 6.64. The zero-order valence-electron chi connectivity index (χ0n) is 13.4. The van der Waals surface area contributed by atoms with E-state index < -0.39 is 0 Å². The van der Waals surface area contributed by atoms with E-state index in [1.54, 1.807) is 11.8 Å². The zero-order chi connectivity index (χ0) is 15.1. The number of methoxy groups -OCH3 is 1. The van der Waals surface area contributed by atoms with Gasteiger partial charge >= 0.3 is 0 Å². The highest BCUT2D eigenvalue weighted by Gasteiger charge is 2.15. The van der Waals surface area contributed by atoms with Gasteiger partial charge in [-0.1, -0.05) is 0 Å². The van der Waals surface area contributed by atoms with Crippen LogP contribution >= 0.6 is 24.0 Å². The largest absolute Gasteiger partial charge is 0.383 e. The summed E-state index contributed by atoms with van der Waals surface area (Å²) in [6.07, 6.45) is 3.86. The van der Waals surface area contributed by atoms with Crippen LogP contribution in [0.4, 0.5) is 0 Å². The average Bonchev–Trinajstić information content (AvgIpc) is 2.75. The summed E-state index contributed by atoms with van der Waals surface area (Å²) in [6, 6.07) is 0.293. The van der Waals surface area contributed by atoms with Gasteiger partial charge in [0, 0.05) is 32.0 Å². The molecule has 0 aliphatic carbocycles. The van der Waals surface area contributed by atoms with Crippen molar-refractivity contribution in [2.24, 2.45) is 17.8 Å². The van der Waals surface area contributed by atoms with Crippen LogP contribution in [0.1, 0.15) is 18.5 Å². The molecule has 2 unspecified atom stereocenters. The molecule has 122 valence electrons. The Balaban J connectivity index is 0.00000400. The van der Waals surface area contributed by atoms with Crippen LogP contribution in [0.25, 0.3) is 0 Å². The lowest BCUT2D eigenvalue weighted by Crippen LogP contribution is -2.41. The number of guanidine groups is 1. The van der Waals surface area contributed by atoms with E-state index in [0.717, 1.165) is 5.56 Å². The van der Waals surface area contributed by atoms with Crippen molar-refractivity contribution in [2.75, 3.05) is 34.4 Å². The smallest absolute Gasteiger partial charge is 0.188 e. The second kappa shape index (κ2) is 9.96. The Bertz CT molecular complexity index is 434. The van der Waals surface area contributed by atoms with E-state index in [2.05, 4.69) is 20.3 Å². The van der Waals surface area contributed by atoms with Gasteiger partial charge in [0.05, 0.1) is 25.4 Å². The molecular formula is C13H27IN6O. The highest BCUT2D eigenvalue weighted by Crippen LogP contribution is 2.17. The number of aliphatic imine (C=N–C) groups is 1. The second-order valence-electron chi connectivity index (χ2n) is 5.15. The van der Waals surface area contributed by atoms with Crippen LogP contribution in [0, 0.1) is 0 Å². The Morgan fingerprint density at radius 3 is 2.71 bits per heavy atom. The fourth-order valence-corrected chi connectivity index (χ4v) is 1.95. The maximum atomic E-state index is 5.88. The molecular weight excluding hydrogens is 383 g/mol. The third-order valence-corrected chi connectivity index (χ3v) is 2.98. The number of aromatic nitrogens is 2. The molecule has 8 heteroatoms. The highest BCUT2D eigenvalue weighted by molar-refractivity contribution is 14.0. The Morgan fingerprint density at radius 2 is 2.24 bits per heavy atom. The maximum absolute atomic E-state index is 5.88. The Hall–Kier alpha value is -0.870. The molecule has 2 atom stereocenters. The minimum atomic E-state index is 0. The number of nitrogens with zero attached hydrogens (tertiary/aromatic N) is 4. The monoisotopic (exact) mass is 410 g/mol. The van der Waals surface area contributed by atoms with E-state index in [-0.39, 0.29) is 36.1 Å². The van der Waals surface area contributed by atoms with Crippen LogP contribution in [0.2, 0.25) is 0 Å². The van der Waals surface area contributed by atoms with Crippen LogP contribution in [0.5, 0.6) is 0 Å². The van der Waals surface area contributed by atoms with E-state index >= 15 is 0 Å². The standard InChI is InChI=1S/C13H26N6O.HI/c1-10(9-20-5)17-13(14)15-7-12(18(2)3)11-6-16-19(4)8-11;/h6,8,10,12H,7,9H2,1-5H3,(H3,14,15,17);1H. The van der Waals surface area contributed by atoms with Crippen molar-refractivity contribution < 1.29 is 4.74 Å². The van der Waals surface area contributed by atoms with Gasteiger partial charge in [-0.05, 0) is 21.0 Å². The quantitative estimate of drug-likeness (QED) is 0.391. The summed E-state index contributed by atoms with van der Waals surface area (Å²) in [4.78, 5) is 6.51. The number of halogens is 1. The number of ether oxygens (including phenoxy) is 1.